The van der Waals surface area contributed by atoms with Crippen LogP contribution in [0, 0.1) is 5.82 Å². The Morgan fingerprint density at radius 2 is 2.07 bits per heavy atom. The highest BCUT2D eigenvalue weighted by Crippen LogP contribution is 2.32. The first-order chi connectivity index (χ1) is 13.2. The van der Waals surface area contributed by atoms with E-state index < -0.39 is 0 Å². The summed E-state index contributed by atoms with van der Waals surface area (Å²) in [6, 6.07) is 12.1. The standard InChI is InChI=1S/C20H17FN2O3S/c21-15-3-1-2-14(9-15)20-23-16(11-27-20)10-19(24)22-7-6-13-4-5-17-18(8-13)26-12-25-17/h1-5,8-9,11H,6-7,10,12H2,(H,22,24). The summed E-state index contributed by atoms with van der Waals surface area (Å²) in [6.07, 6.45) is 0.904. The first-order valence-corrected chi connectivity index (χ1v) is 9.41. The molecule has 1 amide bonds. The fraction of sp³-hybridized carbons (Fsp3) is 0.200. The maximum absolute atomic E-state index is 13.3. The third kappa shape index (κ3) is 4.25. The van der Waals surface area contributed by atoms with Crippen molar-refractivity contribution in [1.82, 2.24) is 10.3 Å². The van der Waals surface area contributed by atoms with E-state index in [1.165, 1.54) is 23.5 Å². The summed E-state index contributed by atoms with van der Waals surface area (Å²) in [4.78, 5) is 16.6. The van der Waals surface area contributed by atoms with E-state index in [1.54, 1.807) is 12.1 Å². The van der Waals surface area contributed by atoms with Gasteiger partial charge in [0.1, 0.15) is 10.8 Å². The fourth-order valence-corrected chi connectivity index (χ4v) is 3.63. The topological polar surface area (TPSA) is 60.5 Å². The van der Waals surface area contributed by atoms with Gasteiger partial charge in [-0.3, -0.25) is 4.79 Å². The lowest BCUT2D eigenvalue weighted by Crippen LogP contribution is -2.27. The number of carbonyl (C=O) groups excluding carboxylic acids is 1. The van der Waals surface area contributed by atoms with Crippen LogP contribution in [0.4, 0.5) is 4.39 Å². The molecule has 3 aromatic rings. The molecule has 27 heavy (non-hydrogen) atoms. The molecule has 1 aliphatic heterocycles. The first-order valence-electron chi connectivity index (χ1n) is 8.53. The molecule has 0 saturated heterocycles. The van der Waals surface area contributed by atoms with Crippen LogP contribution in [-0.4, -0.2) is 24.2 Å². The Labute approximate surface area is 159 Å². The Hall–Kier alpha value is -2.93. The molecule has 0 fully saturated rings. The Kier molecular flexibility index (Phi) is 5.02. The van der Waals surface area contributed by atoms with E-state index in [9.17, 15) is 9.18 Å². The van der Waals surface area contributed by atoms with Gasteiger partial charge in [-0.25, -0.2) is 9.37 Å². The van der Waals surface area contributed by atoms with Gasteiger partial charge < -0.3 is 14.8 Å². The summed E-state index contributed by atoms with van der Waals surface area (Å²) in [5, 5.41) is 5.44. The van der Waals surface area contributed by atoms with Crippen LogP contribution < -0.4 is 14.8 Å². The molecule has 0 spiro atoms. The van der Waals surface area contributed by atoms with E-state index in [-0.39, 0.29) is 24.9 Å². The smallest absolute Gasteiger partial charge is 0.231 e. The van der Waals surface area contributed by atoms with E-state index in [2.05, 4.69) is 10.3 Å². The predicted octanol–water partition coefficient (Wildman–Crippen LogP) is 3.58. The Morgan fingerprint density at radius 1 is 1.19 bits per heavy atom. The molecule has 0 bridgehead atoms. The number of nitrogens with one attached hydrogen (secondary N) is 1. The Bertz CT molecular complexity index is 973. The van der Waals surface area contributed by atoms with Gasteiger partial charge in [-0.05, 0) is 36.2 Å². The molecule has 2 aromatic carbocycles. The molecule has 0 saturated carbocycles. The van der Waals surface area contributed by atoms with Gasteiger partial charge in [0.2, 0.25) is 12.7 Å². The second kappa shape index (κ2) is 7.75. The zero-order chi connectivity index (χ0) is 18.6. The molecule has 1 N–H and O–H groups in total. The average molecular weight is 384 g/mol. The number of fused-ring (bicyclic) bond motifs is 1. The van der Waals surface area contributed by atoms with Crippen LogP contribution in [0.3, 0.4) is 0 Å². The van der Waals surface area contributed by atoms with Crippen LogP contribution >= 0.6 is 11.3 Å². The molecule has 4 rings (SSSR count). The van der Waals surface area contributed by atoms with Gasteiger partial charge in [-0.1, -0.05) is 18.2 Å². The zero-order valence-electron chi connectivity index (χ0n) is 14.4. The second-order valence-electron chi connectivity index (χ2n) is 6.12. The summed E-state index contributed by atoms with van der Waals surface area (Å²) < 4.78 is 24.0. The van der Waals surface area contributed by atoms with E-state index >= 15 is 0 Å². The number of ether oxygens (including phenoxy) is 2. The van der Waals surface area contributed by atoms with Gasteiger partial charge >= 0.3 is 0 Å². The minimum Gasteiger partial charge on any atom is -0.454 e. The zero-order valence-corrected chi connectivity index (χ0v) is 15.2. The van der Waals surface area contributed by atoms with Crippen LogP contribution in [0.5, 0.6) is 11.5 Å². The monoisotopic (exact) mass is 384 g/mol. The highest BCUT2D eigenvalue weighted by Gasteiger charge is 2.13. The molecule has 5 nitrogen and oxygen atoms in total. The lowest BCUT2D eigenvalue weighted by molar-refractivity contribution is -0.120. The van der Waals surface area contributed by atoms with Crippen LogP contribution in [0.2, 0.25) is 0 Å². The maximum atomic E-state index is 13.3. The van der Waals surface area contributed by atoms with Crippen LogP contribution in [0.1, 0.15) is 11.3 Å². The van der Waals surface area contributed by atoms with Crippen molar-refractivity contribution in [2.45, 2.75) is 12.8 Å². The summed E-state index contributed by atoms with van der Waals surface area (Å²) in [5.41, 5.74) is 2.47. The SMILES string of the molecule is O=C(Cc1csc(-c2cccc(F)c2)n1)NCCc1ccc2c(c1)OCO2. The largest absolute Gasteiger partial charge is 0.454 e. The number of rotatable bonds is 6. The van der Waals surface area contributed by atoms with Gasteiger partial charge in [-0.2, -0.15) is 0 Å². The molecule has 7 heteroatoms. The van der Waals surface area contributed by atoms with Crippen LogP contribution in [0.25, 0.3) is 10.6 Å². The normalized spacial score (nSPS) is 12.2. The molecule has 0 aliphatic carbocycles. The molecular weight excluding hydrogens is 367 g/mol. The van der Waals surface area contributed by atoms with E-state index in [1.807, 2.05) is 23.6 Å². The van der Waals surface area contributed by atoms with Gasteiger partial charge in [-0.15, -0.1) is 11.3 Å². The molecule has 1 aromatic heterocycles. The average Bonchev–Trinajstić information content (AvgIpc) is 3.30. The van der Waals surface area contributed by atoms with Crippen molar-refractivity contribution in [2.75, 3.05) is 13.3 Å². The summed E-state index contributed by atoms with van der Waals surface area (Å²) in [6.45, 7) is 0.778. The van der Waals surface area contributed by atoms with Crippen molar-refractivity contribution in [3.05, 3.63) is 64.9 Å². The maximum Gasteiger partial charge on any atom is 0.231 e. The van der Waals surface area contributed by atoms with Crippen LogP contribution in [-0.2, 0) is 17.6 Å². The number of aromatic nitrogens is 1. The van der Waals surface area contributed by atoms with E-state index in [4.69, 9.17) is 9.47 Å². The number of amides is 1. The predicted molar refractivity (Wildman–Crippen MR) is 100 cm³/mol. The lowest BCUT2D eigenvalue weighted by Gasteiger charge is -2.05. The summed E-state index contributed by atoms with van der Waals surface area (Å²) in [7, 11) is 0. The van der Waals surface area contributed by atoms with Crippen molar-refractivity contribution in [2.24, 2.45) is 0 Å². The minimum atomic E-state index is -0.300. The van der Waals surface area contributed by atoms with Crippen molar-refractivity contribution >= 4 is 17.2 Å². The molecule has 0 unspecified atom stereocenters. The van der Waals surface area contributed by atoms with E-state index in [0.29, 0.717) is 23.7 Å². The third-order valence-electron chi connectivity index (χ3n) is 4.14. The molecule has 0 atom stereocenters. The Balaban J connectivity index is 1.28. The number of benzene rings is 2. The number of hydrogen-bond acceptors (Lipinski definition) is 5. The molecular formula is C20H17FN2O3S. The van der Waals surface area contributed by atoms with Crippen molar-refractivity contribution in [1.29, 1.82) is 0 Å². The van der Waals surface area contributed by atoms with E-state index in [0.717, 1.165) is 22.6 Å². The van der Waals surface area contributed by atoms with Crippen molar-refractivity contribution < 1.29 is 18.7 Å². The summed E-state index contributed by atoms with van der Waals surface area (Å²) in [5.74, 6) is 1.10. The van der Waals surface area contributed by atoms with Crippen LogP contribution in [0.15, 0.2) is 47.8 Å². The number of hydrogen-bond donors (Lipinski definition) is 1. The summed E-state index contributed by atoms with van der Waals surface area (Å²) >= 11 is 1.40. The highest BCUT2D eigenvalue weighted by atomic mass is 32.1. The minimum absolute atomic E-state index is 0.0909. The molecule has 138 valence electrons. The third-order valence-corrected chi connectivity index (χ3v) is 5.08. The molecule has 0 radical (unpaired) electrons. The van der Waals surface area contributed by atoms with Gasteiger partial charge in [0.15, 0.2) is 11.5 Å². The number of carbonyl (C=O) groups is 1. The lowest BCUT2D eigenvalue weighted by atomic mass is 10.1. The number of halogens is 1. The second-order valence-corrected chi connectivity index (χ2v) is 6.98. The van der Waals surface area contributed by atoms with Gasteiger partial charge in [0.05, 0.1) is 12.1 Å². The van der Waals surface area contributed by atoms with Crippen molar-refractivity contribution in [3.63, 3.8) is 0 Å². The highest BCUT2D eigenvalue weighted by molar-refractivity contribution is 7.13. The first kappa shape index (κ1) is 17.5. The molecule has 2 heterocycles. The Morgan fingerprint density at radius 3 is 2.96 bits per heavy atom. The van der Waals surface area contributed by atoms with Gasteiger partial charge in [0.25, 0.3) is 0 Å². The fourth-order valence-electron chi connectivity index (χ4n) is 2.81. The quantitative estimate of drug-likeness (QED) is 0.706. The van der Waals surface area contributed by atoms with Gasteiger partial charge in [0, 0.05) is 17.5 Å². The van der Waals surface area contributed by atoms with Crippen molar-refractivity contribution in [3.8, 4) is 22.1 Å². The number of thiazole rings is 1. The molecule has 1 aliphatic rings. The number of nitrogens with zero attached hydrogens (tertiary/aromatic N) is 1.